The smallest absolute Gasteiger partial charge is 0.274 e. The summed E-state index contributed by atoms with van der Waals surface area (Å²) in [6, 6.07) is 8.48. The fraction of sp³-hybridized carbons (Fsp3) is 0.316. The number of nitrogens with zero attached hydrogens (tertiary/aromatic N) is 2. The van der Waals surface area contributed by atoms with Gasteiger partial charge in [0.25, 0.3) is 17.4 Å². The number of amides is 2. The predicted octanol–water partition coefficient (Wildman–Crippen LogP) is 2.43. The van der Waals surface area contributed by atoms with Crippen molar-refractivity contribution in [2.45, 2.75) is 20.8 Å². The Hall–Kier alpha value is -2.89. The van der Waals surface area contributed by atoms with Crippen LogP contribution in [0.5, 0.6) is 0 Å². The number of hydrogen-bond acceptors (Lipinski definition) is 3. The van der Waals surface area contributed by atoms with E-state index in [9.17, 15) is 14.4 Å². The molecule has 2 aromatic rings. The van der Waals surface area contributed by atoms with Gasteiger partial charge in [-0.15, -0.1) is 0 Å². The van der Waals surface area contributed by atoms with Crippen LogP contribution >= 0.6 is 0 Å². The molecule has 0 fully saturated rings. The Labute approximate surface area is 147 Å². The van der Waals surface area contributed by atoms with E-state index in [0.717, 1.165) is 5.56 Å². The highest BCUT2D eigenvalue weighted by atomic mass is 16.2. The van der Waals surface area contributed by atoms with Gasteiger partial charge in [-0.05, 0) is 39.0 Å². The molecule has 1 aromatic heterocycles. The van der Waals surface area contributed by atoms with Crippen LogP contribution in [0, 0.1) is 6.92 Å². The van der Waals surface area contributed by atoms with Gasteiger partial charge in [0.05, 0.1) is 5.56 Å². The van der Waals surface area contributed by atoms with Crippen LogP contribution in [0.15, 0.2) is 41.3 Å². The van der Waals surface area contributed by atoms with Crippen LogP contribution < -0.4 is 10.9 Å². The number of carbonyl (C=O) groups excluding carboxylic acids is 2. The number of aromatic nitrogens is 1. The zero-order chi connectivity index (χ0) is 18.6. The van der Waals surface area contributed by atoms with E-state index in [1.165, 1.54) is 16.8 Å². The van der Waals surface area contributed by atoms with Gasteiger partial charge < -0.3 is 14.8 Å². The maximum absolute atomic E-state index is 12.5. The highest BCUT2D eigenvalue weighted by Gasteiger charge is 2.17. The molecule has 0 aliphatic heterocycles. The van der Waals surface area contributed by atoms with Crippen molar-refractivity contribution in [1.82, 2.24) is 9.47 Å². The molecular formula is C19H23N3O3. The number of rotatable bonds is 5. The molecule has 0 unspecified atom stereocenters. The molecule has 0 saturated heterocycles. The minimum atomic E-state index is -0.385. The summed E-state index contributed by atoms with van der Waals surface area (Å²) in [6.07, 6.45) is 1.49. The van der Waals surface area contributed by atoms with E-state index < -0.39 is 0 Å². The second-order valence-corrected chi connectivity index (χ2v) is 5.86. The van der Waals surface area contributed by atoms with Crippen LogP contribution in [0.2, 0.25) is 0 Å². The zero-order valence-corrected chi connectivity index (χ0v) is 15.0. The monoisotopic (exact) mass is 341 g/mol. The molecule has 1 aromatic carbocycles. The fourth-order valence-corrected chi connectivity index (χ4v) is 2.51. The van der Waals surface area contributed by atoms with Crippen LogP contribution in [-0.2, 0) is 7.05 Å². The molecule has 2 rings (SSSR count). The zero-order valence-electron chi connectivity index (χ0n) is 15.0. The van der Waals surface area contributed by atoms with Gasteiger partial charge in [0, 0.05) is 31.9 Å². The molecule has 1 N–H and O–H groups in total. The first kappa shape index (κ1) is 18.4. The second-order valence-electron chi connectivity index (χ2n) is 5.86. The molecule has 0 aliphatic rings. The van der Waals surface area contributed by atoms with Gasteiger partial charge >= 0.3 is 0 Å². The van der Waals surface area contributed by atoms with E-state index in [1.807, 2.05) is 32.9 Å². The van der Waals surface area contributed by atoms with E-state index in [-0.39, 0.29) is 23.1 Å². The lowest BCUT2D eigenvalue weighted by atomic mass is 10.1. The first-order valence-electron chi connectivity index (χ1n) is 8.25. The van der Waals surface area contributed by atoms with Crippen LogP contribution in [0.4, 0.5) is 5.69 Å². The van der Waals surface area contributed by atoms with Crippen molar-refractivity contribution in [3.63, 3.8) is 0 Å². The van der Waals surface area contributed by atoms with Crippen molar-refractivity contribution in [3.05, 3.63) is 63.6 Å². The Bertz CT molecular complexity index is 834. The lowest BCUT2D eigenvalue weighted by Crippen LogP contribution is -2.32. The maximum atomic E-state index is 12.5. The third-order valence-corrected chi connectivity index (χ3v) is 4.04. The van der Waals surface area contributed by atoms with Crippen molar-refractivity contribution in [2.24, 2.45) is 7.05 Å². The Morgan fingerprint density at radius 2 is 1.68 bits per heavy atom. The molecule has 0 radical (unpaired) electrons. The molecule has 6 nitrogen and oxygen atoms in total. The number of aryl methyl sites for hydroxylation is 2. The number of nitrogens with one attached hydrogen (secondary N) is 1. The quantitative estimate of drug-likeness (QED) is 0.908. The van der Waals surface area contributed by atoms with Crippen LogP contribution in [0.25, 0.3) is 0 Å². The number of carbonyl (C=O) groups is 2. The summed E-state index contributed by atoms with van der Waals surface area (Å²) in [4.78, 5) is 38.8. The molecule has 0 aliphatic carbocycles. The van der Waals surface area contributed by atoms with Crippen molar-refractivity contribution in [3.8, 4) is 0 Å². The van der Waals surface area contributed by atoms with Crippen molar-refractivity contribution in [2.75, 3.05) is 18.4 Å². The van der Waals surface area contributed by atoms with Gasteiger partial charge in [-0.3, -0.25) is 14.4 Å². The minimum Gasteiger partial charge on any atom is -0.339 e. The minimum absolute atomic E-state index is 0.0890. The largest absolute Gasteiger partial charge is 0.339 e. The number of pyridine rings is 1. The molecule has 132 valence electrons. The summed E-state index contributed by atoms with van der Waals surface area (Å²) in [6.45, 7) is 6.86. The fourth-order valence-electron chi connectivity index (χ4n) is 2.51. The highest BCUT2D eigenvalue weighted by molar-refractivity contribution is 6.05. The molecule has 25 heavy (non-hydrogen) atoms. The van der Waals surface area contributed by atoms with E-state index in [2.05, 4.69) is 5.32 Å². The summed E-state index contributed by atoms with van der Waals surface area (Å²) < 4.78 is 1.31. The van der Waals surface area contributed by atoms with Gasteiger partial charge in [0.1, 0.15) is 5.69 Å². The molecule has 1 heterocycles. The van der Waals surface area contributed by atoms with Gasteiger partial charge in [-0.2, -0.15) is 0 Å². The predicted molar refractivity (Wildman–Crippen MR) is 98.1 cm³/mol. The summed E-state index contributed by atoms with van der Waals surface area (Å²) in [5, 5.41) is 2.61. The van der Waals surface area contributed by atoms with Crippen LogP contribution in [0.1, 0.15) is 40.1 Å². The lowest BCUT2D eigenvalue weighted by Gasteiger charge is -2.19. The van der Waals surface area contributed by atoms with Crippen LogP contribution in [-0.4, -0.2) is 34.4 Å². The van der Waals surface area contributed by atoms with E-state index in [4.69, 9.17) is 0 Å². The maximum Gasteiger partial charge on any atom is 0.274 e. The Morgan fingerprint density at radius 3 is 2.24 bits per heavy atom. The third kappa shape index (κ3) is 4.15. The van der Waals surface area contributed by atoms with Gasteiger partial charge in [0.15, 0.2) is 0 Å². The Morgan fingerprint density at radius 1 is 1.08 bits per heavy atom. The molecular weight excluding hydrogens is 318 g/mol. The molecule has 6 heteroatoms. The normalized spacial score (nSPS) is 10.4. The molecule has 0 atom stereocenters. The molecule has 0 bridgehead atoms. The SMILES string of the molecule is CCN(CC)C(=O)c1cc(NC(=O)c2ccc(C)cc2)c(=O)n(C)c1. The standard InChI is InChI=1S/C19H23N3O3/c1-5-22(6-2)18(24)15-11-16(19(25)21(4)12-15)20-17(23)14-9-7-13(3)8-10-14/h7-12H,5-6H2,1-4H3,(H,20,23). The average molecular weight is 341 g/mol. The van der Waals surface area contributed by atoms with Crippen LogP contribution in [0.3, 0.4) is 0 Å². The van der Waals surface area contributed by atoms with Crippen molar-refractivity contribution >= 4 is 17.5 Å². The Balaban J connectivity index is 2.34. The highest BCUT2D eigenvalue weighted by Crippen LogP contribution is 2.11. The van der Waals surface area contributed by atoms with E-state index >= 15 is 0 Å². The van der Waals surface area contributed by atoms with Gasteiger partial charge in [-0.25, -0.2) is 0 Å². The first-order valence-corrected chi connectivity index (χ1v) is 8.25. The first-order chi connectivity index (χ1) is 11.9. The summed E-state index contributed by atoms with van der Waals surface area (Å²) in [5.41, 5.74) is 1.58. The Kier molecular flexibility index (Phi) is 5.75. The number of anilines is 1. The average Bonchev–Trinajstić information content (AvgIpc) is 2.60. The van der Waals surface area contributed by atoms with Crippen molar-refractivity contribution in [1.29, 1.82) is 0 Å². The van der Waals surface area contributed by atoms with E-state index in [0.29, 0.717) is 24.2 Å². The number of hydrogen-bond donors (Lipinski definition) is 1. The van der Waals surface area contributed by atoms with E-state index in [1.54, 1.807) is 24.1 Å². The van der Waals surface area contributed by atoms with Crippen molar-refractivity contribution < 1.29 is 9.59 Å². The second kappa shape index (κ2) is 7.79. The third-order valence-electron chi connectivity index (χ3n) is 4.04. The number of benzene rings is 1. The molecule has 2 amide bonds. The summed E-state index contributed by atoms with van der Waals surface area (Å²) in [7, 11) is 1.56. The summed E-state index contributed by atoms with van der Waals surface area (Å²) in [5.74, 6) is -0.559. The van der Waals surface area contributed by atoms with Gasteiger partial charge in [-0.1, -0.05) is 17.7 Å². The summed E-state index contributed by atoms with van der Waals surface area (Å²) >= 11 is 0. The molecule has 0 saturated carbocycles. The van der Waals surface area contributed by atoms with Gasteiger partial charge in [0.2, 0.25) is 0 Å². The topological polar surface area (TPSA) is 71.4 Å². The lowest BCUT2D eigenvalue weighted by molar-refractivity contribution is 0.0771. The molecule has 0 spiro atoms.